The van der Waals surface area contributed by atoms with Gasteiger partial charge < -0.3 is 9.47 Å². The highest BCUT2D eigenvalue weighted by molar-refractivity contribution is 7.99. The van der Waals surface area contributed by atoms with E-state index in [0.29, 0.717) is 12.4 Å². The predicted octanol–water partition coefficient (Wildman–Crippen LogP) is 4.82. The normalized spacial score (nSPS) is 16.6. The Morgan fingerprint density at radius 1 is 1.21 bits per heavy atom. The second kappa shape index (κ2) is 9.55. The SMILES string of the molecule is CCOC(=O)C(C)(OCC)C(CSc1ccccc1)(P=O)C(C)C. The molecule has 24 heavy (non-hydrogen) atoms. The number of esters is 1. The Morgan fingerprint density at radius 3 is 2.29 bits per heavy atom. The highest BCUT2D eigenvalue weighted by Crippen LogP contribution is 2.47. The number of carbonyl (C=O) groups excluding carboxylic acids is 1. The number of rotatable bonds is 10. The van der Waals surface area contributed by atoms with Gasteiger partial charge in [-0.2, -0.15) is 0 Å². The molecule has 0 bridgehead atoms. The van der Waals surface area contributed by atoms with Gasteiger partial charge in [-0.1, -0.05) is 32.0 Å². The molecule has 1 rings (SSSR count). The van der Waals surface area contributed by atoms with Crippen LogP contribution in [-0.2, 0) is 18.8 Å². The van der Waals surface area contributed by atoms with E-state index in [9.17, 15) is 9.36 Å². The summed E-state index contributed by atoms with van der Waals surface area (Å²) in [5.41, 5.74) is -1.28. The fourth-order valence-corrected chi connectivity index (χ4v) is 4.99. The Hall–Kier alpha value is -0.900. The first-order valence-corrected chi connectivity index (χ1v) is 10.0. The standard InChI is InChI=1S/C18H27O4PS/c1-6-21-16(19)17(5,22-7-2)18(23-20,14(3)4)13-24-15-11-9-8-10-12-15/h8-12,14H,6-7,13H2,1-5H3. The molecule has 0 aromatic heterocycles. The first-order chi connectivity index (χ1) is 11.4. The van der Waals surface area contributed by atoms with E-state index in [2.05, 4.69) is 0 Å². The van der Waals surface area contributed by atoms with Crippen molar-refractivity contribution in [3.63, 3.8) is 0 Å². The van der Waals surface area contributed by atoms with Crippen molar-refractivity contribution in [2.45, 2.75) is 50.3 Å². The molecule has 0 fully saturated rings. The highest BCUT2D eigenvalue weighted by atomic mass is 32.2. The van der Waals surface area contributed by atoms with Gasteiger partial charge in [0.05, 0.1) is 6.61 Å². The van der Waals surface area contributed by atoms with Gasteiger partial charge in [0.25, 0.3) is 0 Å². The van der Waals surface area contributed by atoms with Crippen LogP contribution in [0.1, 0.15) is 34.6 Å². The van der Waals surface area contributed by atoms with E-state index in [4.69, 9.17) is 9.47 Å². The second-order valence-electron chi connectivity index (χ2n) is 5.96. The van der Waals surface area contributed by atoms with Crippen LogP contribution in [-0.4, -0.2) is 35.7 Å². The van der Waals surface area contributed by atoms with Crippen LogP contribution < -0.4 is 0 Å². The van der Waals surface area contributed by atoms with Gasteiger partial charge in [-0.05, 0) is 38.8 Å². The minimum atomic E-state index is -1.28. The van der Waals surface area contributed by atoms with E-state index < -0.39 is 16.7 Å². The minimum absolute atomic E-state index is 0.0474. The summed E-state index contributed by atoms with van der Waals surface area (Å²) in [6.07, 6.45) is 0. The Bertz CT molecular complexity index is 537. The molecule has 0 aliphatic carbocycles. The molecule has 6 heteroatoms. The van der Waals surface area contributed by atoms with E-state index in [-0.39, 0.29) is 21.0 Å². The van der Waals surface area contributed by atoms with Crippen molar-refractivity contribution in [2.75, 3.05) is 19.0 Å². The van der Waals surface area contributed by atoms with E-state index in [1.807, 2.05) is 51.1 Å². The van der Waals surface area contributed by atoms with Crippen LogP contribution in [0.25, 0.3) is 0 Å². The van der Waals surface area contributed by atoms with Crippen molar-refractivity contribution in [2.24, 2.45) is 5.92 Å². The Morgan fingerprint density at radius 2 is 1.83 bits per heavy atom. The monoisotopic (exact) mass is 370 g/mol. The molecular formula is C18H27O4PS. The fourth-order valence-electron chi connectivity index (χ4n) is 2.70. The minimum Gasteiger partial charge on any atom is -0.464 e. The van der Waals surface area contributed by atoms with Crippen LogP contribution in [0.15, 0.2) is 35.2 Å². The summed E-state index contributed by atoms with van der Waals surface area (Å²) in [6.45, 7) is 9.82. The van der Waals surface area contributed by atoms with E-state index in [1.54, 1.807) is 25.6 Å². The maximum absolute atomic E-state index is 12.7. The molecule has 1 aromatic rings. The van der Waals surface area contributed by atoms with E-state index >= 15 is 0 Å². The van der Waals surface area contributed by atoms with Crippen LogP contribution >= 0.6 is 20.2 Å². The fraction of sp³-hybridized carbons (Fsp3) is 0.611. The molecule has 134 valence electrons. The summed E-state index contributed by atoms with van der Waals surface area (Å²) in [5, 5.41) is -0.893. The molecule has 0 radical (unpaired) electrons. The van der Waals surface area contributed by atoms with Gasteiger partial charge in [0, 0.05) is 17.3 Å². The molecule has 0 spiro atoms. The molecule has 0 saturated heterocycles. The molecule has 4 nitrogen and oxygen atoms in total. The van der Waals surface area contributed by atoms with Gasteiger partial charge in [0.2, 0.25) is 0 Å². The number of ether oxygens (including phenoxy) is 2. The van der Waals surface area contributed by atoms with Crippen LogP contribution in [0.2, 0.25) is 0 Å². The van der Waals surface area contributed by atoms with Crippen molar-refractivity contribution < 1.29 is 18.8 Å². The largest absolute Gasteiger partial charge is 0.464 e. The van der Waals surface area contributed by atoms with Crippen molar-refractivity contribution in [1.29, 1.82) is 0 Å². The Balaban J connectivity index is 3.23. The quantitative estimate of drug-likeness (QED) is 0.336. The summed E-state index contributed by atoms with van der Waals surface area (Å²) in [7, 11) is -0.119. The zero-order valence-electron chi connectivity index (χ0n) is 15.1. The zero-order chi connectivity index (χ0) is 18.2. The number of hydrogen-bond acceptors (Lipinski definition) is 5. The lowest BCUT2D eigenvalue weighted by Crippen LogP contribution is -2.60. The summed E-state index contributed by atoms with van der Waals surface area (Å²) in [4.78, 5) is 13.7. The molecule has 0 saturated carbocycles. The third-order valence-corrected chi connectivity index (χ3v) is 7.09. The molecule has 0 aliphatic rings. The van der Waals surface area contributed by atoms with Gasteiger partial charge in [0.1, 0.15) is 5.16 Å². The van der Waals surface area contributed by atoms with Gasteiger partial charge >= 0.3 is 5.97 Å². The van der Waals surface area contributed by atoms with Crippen LogP contribution in [0.5, 0.6) is 0 Å². The first-order valence-electron chi connectivity index (χ1n) is 8.21. The number of thioether (sulfide) groups is 1. The summed E-state index contributed by atoms with van der Waals surface area (Å²) in [5.74, 6) is -0.0268. The summed E-state index contributed by atoms with van der Waals surface area (Å²) in [6, 6.07) is 9.87. The Labute approximate surface area is 150 Å². The van der Waals surface area contributed by atoms with Gasteiger partial charge in [-0.15, -0.1) is 11.8 Å². The number of carbonyl (C=O) groups is 1. The summed E-state index contributed by atoms with van der Waals surface area (Å²) >= 11 is 1.57. The average molecular weight is 370 g/mol. The van der Waals surface area contributed by atoms with Crippen molar-refractivity contribution in [3.05, 3.63) is 30.3 Å². The molecule has 0 heterocycles. The summed E-state index contributed by atoms with van der Waals surface area (Å²) < 4.78 is 23.4. The lowest BCUT2D eigenvalue weighted by molar-refractivity contribution is -0.175. The lowest BCUT2D eigenvalue weighted by Gasteiger charge is -2.44. The van der Waals surface area contributed by atoms with Crippen LogP contribution in [0.3, 0.4) is 0 Å². The predicted molar refractivity (Wildman–Crippen MR) is 99.0 cm³/mol. The Kier molecular flexibility index (Phi) is 8.41. The molecule has 0 aliphatic heterocycles. The third kappa shape index (κ3) is 4.38. The second-order valence-corrected chi connectivity index (χ2v) is 7.99. The molecule has 2 unspecified atom stereocenters. The third-order valence-electron chi connectivity index (χ3n) is 4.24. The topological polar surface area (TPSA) is 52.6 Å². The van der Waals surface area contributed by atoms with Crippen molar-refractivity contribution in [3.8, 4) is 0 Å². The maximum Gasteiger partial charge on any atom is 0.339 e. The number of hydrogen-bond donors (Lipinski definition) is 0. The zero-order valence-corrected chi connectivity index (χ0v) is 16.8. The molecule has 1 aromatic carbocycles. The first kappa shape index (κ1) is 21.1. The van der Waals surface area contributed by atoms with Gasteiger partial charge in [-0.3, -0.25) is 4.57 Å². The molecule has 2 atom stereocenters. The van der Waals surface area contributed by atoms with Crippen LogP contribution in [0.4, 0.5) is 0 Å². The highest BCUT2D eigenvalue weighted by Gasteiger charge is 2.58. The van der Waals surface area contributed by atoms with Crippen LogP contribution in [0, 0.1) is 5.92 Å². The van der Waals surface area contributed by atoms with Gasteiger partial charge in [-0.25, -0.2) is 4.79 Å². The smallest absolute Gasteiger partial charge is 0.339 e. The molecule has 0 amide bonds. The van der Waals surface area contributed by atoms with E-state index in [1.165, 1.54) is 0 Å². The van der Waals surface area contributed by atoms with Gasteiger partial charge in [0.15, 0.2) is 14.1 Å². The lowest BCUT2D eigenvalue weighted by atomic mass is 9.80. The number of benzene rings is 1. The van der Waals surface area contributed by atoms with E-state index in [0.717, 1.165) is 4.90 Å². The average Bonchev–Trinajstić information content (AvgIpc) is 2.56. The molecule has 0 N–H and O–H groups in total. The van der Waals surface area contributed by atoms with Crippen molar-refractivity contribution in [1.82, 2.24) is 0 Å². The maximum atomic E-state index is 12.7. The van der Waals surface area contributed by atoms with Crippen molar-refractivity contribution >= 4 is 26.2 Å². The molecular weight excluding hydrogens is 343 g/mol.